The summed E-state index contributed by atoms with van der Waals surface area (Å²) in [4.78, 5) is 0. The molecule has 0 bridgehead atoms. The van der Waals surface area contributed by atoms with Gasteiger partial charge in [-0.3, -0.25) is 0 Å². The second-order valence-corrected chi connectivity index (χ2v) is 6.55. The monoisotopic (exact) mass is 267 g/mol. The van der Waals surface area contributed by atoms with Crippen LogP contribution in [-0.4, -0.2) is 12.1 Å². The summed E-state index contributed by atoms with van der Waals surface area (Å²) in [6.45, 7) is 6.55. The van der Waals surface area contributed by atoms with Crippen LogP contribution in [0.1, 0.15) is 38.7 Å². The van der Waals surface area contributed by atoms with Crippen LogP contribution in [0.2, 0.25) is 5.02 Å². The Morgan fingerprint density at radius 1 is 1.39 bits per heavy atom. The second kappa shape index (κ2) is 5.10. The van der Waals surface area contributed by atoms with Gasteiger partial charge >= 0.3 is 0 Å². The Morgan fingerprint density at radius 3 is 2.78 bits per heavy atom. The molecule has 2 atom stereocenters. The van der Waals surface area contributed by atoms with Gasteiger partial charge in [0, 0.05) is 11.1 Å². The number of nitrogens with two attached hydrogens (primary N) is 1. The highest BCUT2D eigenvalue weighted by Crippen LogP contribution is 2.36. The summed E-state index contributed by atoms with van der Waals surface area (Å²) in [7, 11) is 0. The van der Waals surface area contributed by atoms with E-state index in [-0.39, 0.29) is 12.1 Å². The Morgan fingerprint density at radius 2 is 2.11 bits per heavy atom. The molecule has 0 spiro atoms. The van der Waals surface area contributed by atoms with Gasteiger partial charge in [0.05, 0.1) is 0 Å². The Hall–Kier alpha value is -0.730. The lowest BCUT2D eigenvalue weighted by Crippen LogP contribution is -2.46. The van der Waals surface area contributed by atoms with Gasteiger partial charge in [-0.05, 0) is 55.4 Å². The van der Waals surface area contributed by atoms with Gasteiger partial charge in [-0.1, -0.05) is 25.4 Å². The number of benzene rings is 1. The van der Waals surface area contributed by atoms with Crippen LogP contribution in [0.3, 0.4) is 0 Å². The number of halogens is 1. The molecule has 1 aliphatic carbocycles. The van der Waals surface area contributed by atoms with E-state index in [2.05, 4.69) is 13.8 Å². The highest BCUT2D eigenvalue weighted by molar-refractivity contribution is 6.31. The SMILES string of the molecule is Cc1cc(OC2CC(C)(C)CCC2N)ccc1Cl. The quantitative estimate of drug-likeness (QED) is 0.881. The Labute approximate surface area is 114 Å². The number of rotatable bonds is 2. The van der Waals surface area contributed by atoms with Crippen molar-refractivity contribution < 1.29 is 4.74 Å². The molecular weight excluding hydrogens is 246 g/mol. The van der Waals surface area contributed by atoms with Crippen LogP contribution in [0.25, 0.3) is 0 Å². The summed E-state index contributed by atoms with van der Waals surface area (Å²) in [6.07, 6.45) is 3.32. The van der Waals surface area contributed by atoms with Gasteiger partial charge in [0.25, 0.3) is 0 Å². The van der Waals surface area contributed by atoms with Gasteiger partial charge in [0.2, 0.25) is 0 Å². The van der Waals surface area contributed by atoms with Gasteiger partial charge in [0.1, 0.15) is 11.9 Å². The third kappa shape index (κ3) is 3.18. The van der Waals surface area contributed by atoms with Crippen molar-refractivity contribution in [3.63, 3.8) is 0 Å². The molecule has 0 saturated heterocycles. The highest BCUT2D eigenvalue weighted by Gasteiger charge is 2.34. The van der Waals surface area contributed by atoms with Crippen molar-refractivity contribution in [3.05, 3.63) is 28.8 Å². The summed E-state index contributed by atoms with van der Waals surface area (Å²) in [5.41, 5.74) is 7.53. The molecule has 1 aromatic rings. The summed E-state index contributed by atoms with van der Waals surface area (Å²) in [5.74, 6) is 0.870. The topological polar surface area (TPSA) is 35.2 Å². The molecule has 0 aromatic heterocycles. The maximum atomic E-state index is 6.16. The zero-order chi connectivity index (χ0) is 13.3. The lowest BCUT2D eigenvalue weighted by atomic mass is 9.74. The van der Waals surface area contributed by atoms with Gasteiger partial charge in [-0.25, -0.2) is 0 Å². The predicted molar refractivity (Wildman–Crippen MR) is 76.2 cm³/mol. The molecule has 1 aromatic carbocycles. The molecule has 0 aliphatic heterocycles. The fourth-order valence-electron chi connectivity index (χ4n) is 2.54. The maximum Gasteiger partial charge on any atom is 0.120 e. The normalized spacial score (nSPS) is 26.9. The molecule has 2 rings (SSSR count). The van der Waals surface area contributed by atoms with Crippen LogP contribution in [0.5, 0.6) is 5.75 Å². The van der Waals surface area contributed by atoms with Crippen molar-refractivity contribution >= 4 is 11.6 Å². The van der Waals surface area contributed by atoms with Gasteiger partial charge in [-0.2, -0.15) is 0 Å². The van der Waals surface area contributed by atoms with E-state index in [0.717, 1.165) is 29.2 Å². The smallest absolute Gasteiger partial charge is 0.120 e. The van der Waals surface area contributed by atoms with Crippen molar-refractivity contribution in [1.29, 1.82) is 0 Å². The third-order valence-corrected chi connectivity index (χ3v) is 4.23. The summed E-state index contributed by atoms with van der Waals surface area (Å²) < 4.78 is 6.06. The molecule has 1 aliphatic rings. The summed E-state index contributed by atoms with van der Waals surface area (Å²) in [5, 5.41) is 0.774. The van der Waals surface area contributed by atoms with Crippen LogP contribution in [-0.2, 0) is 0 Å². The zero-order valence-corrected chi connectivity index (χ0v) is 12.1. The van der Waals surface area contributed by atoms with E-state index in [1.165, 1.54) is 6.42 Å². The number of hydrogen-bond acceptors (Lipinski definition) is 2. The summed E-state index contributed by atoms with van der Waals surface area (Å²) >= 11 is 6.02. The van der Waals surface area contributed by atoms with E-state index in [4.69, 9.17) is 22.1 Å². The summed E-state index contributed by atoms with van der Waals surface area (Å²) in [6, 6.07) is 5.92. The van der Waals surface area contributed by atoms with Gasteiger partial charge < -0.3 is 10.5 Å². The lowest BCUT2D eigenvalue weighted by Gasteiger charge is -2.39. The number of aryl methyl sites for hydroxylation is 1. The van der Waals surface area contributed by atoms with Crippen LogP contribution in [0.15, 0.2) is 18.2 Å². The van der Waals surface area contributed by atoms with Crippen LogP contribution in [0, 0.1) is 12.3 Å². The van der Waals surface area contributed by atoms with E-state index in [1.807, 2.05) is 25.1 Å². The minimum absolute atomic E-state index is 0.106. The Bertz CT molecular complexity index is 431. The van der Waals surface area contributed by atoms with Crippen LogP contribution < -0.4 is 10.5 Å². The standard InChI is InChI=1S/C15H22ClNO/c1-10-8-11(4-5-12(10)16)18-14-9-15(2,3)7-6-13(14)17/h4-5,8,13-14H,6-7,9,17H2,1-3H3. The highest BCUT2D eigenvalue weighted by atomic mass is 35.5. The first-order valence-electron chi connectivity index (χ1n) is 6.56. The minimum atomic E-state index is 0.106. The first-order chi connectivity index (χ1) is 8.37. The van der Waals surface area contributed by atoms with Crippen molar-refractivity contribution in [1.82, 2.24) is 0 Å². The second-order valence-electron chi connectivity index (χ2n) is 6.14. The molecule has 100 valence electrons. The first kappa shape index (κ1) is 13.7. The number of ether oxygens (including phenoxy) is 1. The average molecular weight is 268 g/mol. The lowest BCUT2D eigenvalue weighted by molar-refractivity contribution is 0.0669. The fourth-order valence-corrected chi connectivity index (χ4v) is 2.65. The molecular formula is C15H22ClNO. The fraction of sp³-hybridized carbons (Fsp3) is 0.600. The third-order valence-electron chi connectivity index (χ3n) is 3.80. The Kier molecular flexibility index (Phi) is 3.88. The molecule has 0 amide bonds. The average Bonchev–Trinajstić information content (AvgIpc) is 2.28. The van der Waals surface area contributed by atoms with Crippen molar-refractivity contribution in [3.8, 4) is 5.75 Å². The van der Waals surface area contributed by atoms with E-state index in [1.54, 1.807) is 0 Å². The van der Waals surface area contributed by atoms with E-state index in [0.29, 0.717) is 5.41 Å². The Balaban J connectivity index is 2.09. The molecule has 2 unspecified atom stereocenters. The molecule has 2 nitrogen and oxygen atoms in total. The maximum absolute atomic E-state index is 6.16. The van der Waals surface area contributed by atoms with Gasteiger partial charge in [0.15, 0.2) is 0 Å². The van der Waals surface area contributed by atoms with Gasteiger partial charge in [-0.15, -0.1) is 0 Å². The molecule has 1 fully saturated rings. The van der Waals surface area contributed by atoms with E-state index < -0.39 is 0 Å². The molecule has 1 saturated carbocycles. The van der Waals surface area contributed by atoms with Crippen molar-refractivity contribution in [2.24, 2.45) is 11.1 Å². The minimum Gasteiger partial charge on any atom is -0.489 e. The van der Waals surface area contributed by atoms with E-state index >= 15 is 0 Å². The molecule has 0 radical (unpaired) electrons. The van der Waals surface area contributed by atoms with Crippen molar-refractivity contribution in [2.45, 2.75) is 52.2 Å². The number of hydrogen-bond donors (Lipinski definition) is 1. The molecule has 0 heterocycles. The molecule has 2 N–H and O–H groups in total. The molecule has 18 heavy (non-hydrogen) atoms. The zero-order valence-electron chi connectivity index (χ0n) is 11.4. The van der Waals surface area contributed by atoms with Crippen LogP contribution >= 0.6 is 11.6 Å². The van der Waals surface area contributed by atoms with Crippen molar-refractivity contribution in [2.75, 3.05) is 0 Å². The predicted octanol–water partition coefficient (Wildman–Crippen LogP) is 3.93. The van der Waals surface area contributed by atoms with E-state index in [9.17, 15) is 0 Å². The van der Waals surface area contributed by atoms with Crippen LogP contribution in [0.4, 0.5) is 0 Å². The molecule has 3 heteroatoms. The largest absolute Gasteiger partial charge is 0.489 e. The first-order valence-corrected chi connectivity index (χ1v) is 6.94.